The topological polar surface area (TPSA) is 104 Å². The van der Waals surface area contributed by atoms with Gasteiger partial charge < -0.3 is 9.51 Å². The van der Waals surface area contributed by atoms with Crippen LogP contribution in [0.2, 0.25) is 0 Å². The third-order valence-corrected chi connectivity index (χ3v) is 3.98. The molecule has 2 heterocycles. The highest BCUT2D eigenvalue weighted by molar-refractivity contribution is 5.91. The number of rotatable bonds is 6. The second-order valence-corrected chi connectivity index (χ2v) is 6.41. The zero-order valence-corrected chi connectivity index (χ0v) is 14.9. The number of hydrogen-bond donors (Lipinski definition) is 2. The molecule has 0 unspecified atom stereocenters. The number of carbonyl (C=O) groups is 1. The Labute approximate surface area is 150 Å². The first-order valence-corrected chi connectivity index (χ1v) is 8.37. The Kier molecular flexibility index (Phi) is 5.13. The van der Waals surface area contributed by atoms with Crippen molar-refractivity contribution in [3.05, 3.63) is 52.2 Å². The highest BCUT2D eigenvalue weighted by Gasteiger charge is 2.17. The number of carbonyl (C=O) groups excluding carboxylic acids is 1. The Morgan fingerprint density at radius 2 is 2.12 bits per heavy atom. The van der Waals surface area contributed by atoms with Crippen molar-refractivity contribution in [2.75, 3.05) is 11.9 Å². The lowest BCUT2D eigenvalue weighted by atomic mass is 10.2. The van der Waals surface area contributed by atoms with Gasteiger partial charge in [0.2, 0.25) is 11.8 Å². The Bertz CT molecular complexity index is 976. The molecule has 0 aliphatic rings. The zero-order chi connectivity index (χ0) is 18.7. The molecule has 0 atom stereocenters. The van der Waals surface area contributed by atoms with Crippen molar-refractivity contribution in [3.63, 3.8) is 0 Å². The van der Waals surface area contributed by atoms with Crippen molar-refractivity contribution in [1.29, 1.82) is 0 Å². The smallest absolute Gasteiger partial charge is 0.258 e. The minimum absolute atomic E-state index is 0.0778. The van der Waals surface area contributed by atoms with Crippen LogP contribution in [0, 0.1) is 6.92 Å². The van der Waals surface area contributed by atoms with Crippen LogP contribution in [-0.4, -0.2) is 38.5 Å². The molecule has 3 aromatic rings. The Balaban J connectivity index is 1.74. The van der Waals surface area contributed by atoms with Crippen molar-refractivity contribution in [2.24, 2.45) is 0 Å². The Morgan fingerprint density at radius 3 is 2.81 bits per heavy atom. The summed E-state index contributed by atoms with van der Waals surface area (Å²) in [7, 11) is 0. The van der Waals surface area contributed by atoms with E-state index < -0.39 is 0 Å². The summed E-state index contributed by atoms with van der Waals surface area (Å²) < 4.78 is 5.00. The molecule has 1 aromatic carbocycles. The van der Waals surface area contributed by atoms with E-state index in [9.17, 15) is 9.59 Å². The maximum Gasteiger partial charge on any atom is 0.258 e. The average Bonchev–Trinajstić information content (AvgIpc) is 2.99. The van der Waals surface area contributed by atoms with Gasteiger partial charge in [0.05, 0.1) is 29.7 Å². The highest BCUT2D eigenvalue weighted by atomic mass is 16.5. The SMILES string of the molecule is Cc1cc(NC(=O)CN(Cc2nc3ccccc3c(=O)[nH]2)C(C)C)on1. The molecule has 8 heteroatoms. The minimum atomic E-state index is -0.224. The van der Waals surface area contributed by atoms with Crippen LogP contribution in [0.1, 0.15) is 25.4 Å². The first-order valence-electron chi connectivity index (χ1n) is 8.37. The standard InChI is InChI=1S/C18H21N5O3/c1-11(2)23(10-16(24)21-17-8-12(3)22-26-17)9-15-19-14-7-5-4-6-13(14)18(25)20-15/h4-8,11H,9-10H2,1-3H3,(H,21,24)(H,19,20,25). The van der Waals surface area contributed by atoms with Crippen LogP contribution in [0.3, 0.4) is 0 Å². The van der Waals surface area contributed by atoms with Gasteiger partial charge in [0.1, 0.15) is 5.82 Å². The summed E-state index contributed by atoms with van der Waals surface area (Å²) in [6.45, 7) is 6.21. The van der Waals surface area contributed by atoms with Crippen LogP contribution < -0.4 is 10.9 Å². The van der Waals surface area contributed by atoms with Gasteiger partial charge in [0.25, 0.3) is 5.56 Å². The maximum absolute atomic E-state index is 12.3. The number of para-hydroxylation sites is 1. The van der Waals surface area contributed by atoms with Gasteiger partial charge >= 0.3 is 0 Å². The number of hydrogen-bond acceptors (Lipinski definition) is 6. The van der Waals surface area contributed by atoms with E-state index >= 15 is 0 Å². The van der Waals surface area contributed by atoms with Gasteiger partial charge in [-0.25, -0.2) is 4.98 Å². The van der Waals surface area contributed by atoms with Gasteiger partial charge in [-0.1, -0.05) is 17.3 Å². The summed E-state index contributed by atoms with van der Waals surface area (Å²) in [6.07, 6.45) is 0. The molecular formula is C18H21N5O3. The molecule has 0 spiro atoms. The van der Waals surface area contributed by atoms with E-state index in [-0.39, 0.29) is 24.1 Å². The third kappa shape index (κ3) is 4.15. The highest BCUT2D eigenvalue weighted by Crippen LogP contribution is 2.11. The van der Waals surface area contributed by atoms with Crippen LogP contribution in [-0.2, 0) is 11.3 Å². The van der Waals surface area contributed by atoms with Crippen molar-refractivity contribution in [3.8, 4) is 0 Å². The molecule has 0 fully saturated rings. The van der Waals surface area contributed by atoms with Gasteiger partial charge in [-0.2, -0.15) is 0 Å². The summed E-state index contributed by atoms with van der Waals surface area (Å²) in [6, 6.07) is 8.90. The second-order valence-electron chi connectivity index (χ2n) is 6.41. The fourth-order valence-electron chi connectivity index (χ4n) is 2.61. The molecule has 0 bridgehead atoms. The van der Waals surface area contributed by atoms with Gasteiger partial charge in [-0.05, 0) is 32.9 Å². The van der Waals surface area contributed by atoms with E-state index in [1.54, 1.807) is 31.2 Å². The first-order chi connectivity index (χ1) is 12.4. The van der Waals surface area contributed by atoms with Crippen molar-refractivity contribution in [2.45, 2.75) is 33.4 Å². The summed E-state index contributed by atoms with van der Waals surface area (Å²) in [5.74, 6) is 0.608. The van der Waals surface area contributed by atoms with E-state index in [1.807, 2.05) is 24.8 Å². The number of nitrogens with zero attached hydrogens (tertiary/aromatic N) is 3. The van der Waals surface area contributed by atoms with Crippen LogP contribution in [0.25, 0.3) is 10.9 Å². The number of nitrogens with one attached hydrogen (secondary N) is 2. The summed E-state index contributed by atoms with van der Waals surface area (Å²) in [5, 5.41) is 6.96. The van der Waals surface area contributed by atoms with Crippen LogP contribution >= 0.6 is 0 Å². The second kappa shape index (κ2) is 7.49. The van der Waals surface area contributed by atoms with Crippen molar-refractivity contribution in [1.82, 2.24) is 20.0 Å². The summed E-state index contributed by atoms with van der Waals surface area (Å²) in [5.41, 5.74) is 1.14. The van der Waals surface area contributed by atoms with Crippen LogP contribution in [0.15, 0.2) is 39.6 Å². The molecule has 26 heavy (non-hydrogen) atoms. The molecular weight excluding hydrogens is 334 g/mol. The molecule has 0 aliphatic carbocycles. The summed E-state index contributed by atoms with van der Waals surface area (Å²) >= 11 is 0. The average molecular weight is 355 g/mol. The lowest BCUT2D eigenvalue weighted by molar-refractivity contribution is -0.118. The number of fused-ring (bicyclic) bond motifs is 1. The van der Waals surface area contributed by atoms with Crippen molar-refractivity contribution >= 4 is 22.7 Å². The van der Waals surface area contributed by atoms with Gasteiger partial charge in [0.15, 0.2) is 0 Å². The van der Waals surface area contributed by atoms with E-state index in [0.717, 1.165) is 0 Å². The number of aromatic nitrogens is 3. The van der Waals surface area contributed by atoms with Crippen LogP contribution in [0.5, 0.6) is 0 Å². The molecule has 8 nitrogen and oxygen atoms in total. The predicted molar refractivity (Wildman–Crippen MR) is 97.8 cm³/mol. The number of aromatic amines is 1. The number of benzene rings is 1. The van der Waals surface area contributed by atoms with E-state index in [1.165, 1.54) is 0 Å². The lowest BCUT2D eigenvalue weighted by Crippen LogP contribution is -2.38. The fourth-order valence-corrected chi connectivity index (χ4v) is 2.61. The lowest BCUT2D eigenvalue weighted by Gasteiger charge is -2.25. The fraction of sp³-hybridized carbons (Fsp3) is 0.333. The van der Waals surface area contributed by atoms with Crippen molar-refractivity contribution < 1.29 is 9.32 Å². The van der Waals surface area contributed by atoms with Crippen LogP contribution in [0.4, 0.5) is 5.88 Å². The molecule has 136 valence electrons. The molecule has 2 N–H and O–H groups in total. The maximum atomic E-state index is 12.3. The molecule has 0 radical (unpaired) electrons. The third-order valence-electron chi connectivity index (χ3n) is 3.98. The molecule has 0 saturated carbocycles. The summed E-state index contributed by atoms with van der Waals surface area (Å²) in [4.78, 5) is 33.7. The molecule has 2 aromatic heterocycles. The molecule has 0 aliphatic heterocycles. The monoisotopic (exact) mass is 355 g/mol. The molecule has 1 amide bonds. The zero-order valence-electron chi connectivity index (χ0n) is 14.9. The normalized spacial score (nSPS) is 11.4. The largest absolute Gasteiger partial charge is 0.338 e. The quantitative estimate of drug-likeness (QED) is 0.701. The van der Waals surface area contributed by atoms with E-state index in [2.05, 4.69) is 20.4 Å². The Morgan fingerprint density at radius 1 is 1.35 bits per heavy atom. The number of anilines is 1. The predicted octanol–water partition coefficient (Wildman–Crippen LogP) is 2.07. The molecule has 3 rings (SSSR count). The number of H-pyrrole nitrogens is 1. The Hall–Kier alpha value is -3.00. The van der Waals surface area contributed by atoms with E-state index in [0.29, 0.717) is 34.9 Å². The van der Waals surface area contributed by atoms with Gasteiger partial charge in [-0.3, -0.25) is 19.8 Å². The number of amides is 1. The first kappa shape index (κ1) is 17.8. The number of aryl methyl sites for hydroxylation is 1. The van der Waals surface area contributed by atoms with E-state index in [4.69, 9.17) is 4.52 Å². The van der Waals surface area contributed by atoms with Gasteiger partial charge in [0, 0.05) is 12.1 Å². The minimum Gasteiger partial charge on any atom is -0.338 e. The van der Waals surface area contributed by atoms with Gasteiger partial charge in [-0.15, -0.1) is 0 Å². The molecule has 0 saturated heterocycles.